The number of hydrogen-bond donors (Lipinski definition) is 3. The number of sulfone groups is 1. The minimum atomic E-state index is -3.86. The van der Waals surface area contributed by atoms with E-state index >= 15 is 0 Å². The van der Waals surface area contributed by atoms with Crippen LogP contribution in [0.1, 0.15) is 73.6 Å². The lowest BCUT2D eigenvalue weighted by molar-refractivity contribution is -0.151. The number of ether oxygens (including phenoxy) is 1. The largest absolute Gasteiger partial charge is 0.458 e. The Bertz CT molecular complexity index is 1530. The summed E-state index contributed by atoms with van der Waals surface area (Å²) >= 11 is 0. The first-order valence-corrected chi connectivity index (χ1v) is 17.8. The molecule has 0 bridgehead atoms. The van der Waals surface area contributed by atoms with Gasteiger partial charge in [0.15, 0.2) is 9.84 Å². The SMILES string of the molecule is CCCC(CCC)S(=O)(=O)C[C@H](NC(=O)c1ccccn1)C(=O)O[C@H](CNCc1cccc(CC)c1)[C@@H](N)Cc1cc(F)cc(F)c1. The molecular weight excluding hydrogens is 626 g/mol. The van der Waals surface area contributed by atoms with E-state index in [1.165, 1.54) is 12.3 Å². The number of aryl methyl sites for hydroxylation is 1. The topological polar surface area (TPSA) is 140 Å². The van der Waals surface area contributed by atoms with E-state index in [0.29, 0.717) is 32.2 Å². The average Bonchev–Trinajstić information content (AvgIpc) is 3.03. The molecule has 9 nitrogen and oxygen atoms in total. The number of amides is 1. The van der Waals surface area contributed by atoms with Gasteiger partial charge >= 0.3 is 5.97 Å². The number of hydrogen-bond acceptors (Lipinski definition) is 8. The molecule has 4 N–H and O–H groups in total. The highest BCUT2D eigenvalue weighted by Gasteiger charge is 2.35. The number of carbonyl (C=O) groups excluding carboxylic acids is 2. The van der Waals surface area contributed by atoms with Crippen LogP contribution in [-0.4, -0.2) is 61.0 Å². The highest BCUT2D eigenvalue weighted by molar-refractivity contribution is 7.92. The fraction of sp³-hybridized carbons (Fsp3) is 0.457. The van der Waals surface area contributed by atoms with E-state index in [4.69, 9.17) is 10.5 Å². The molecule has 0 saturated carbocycles. The molecule has 2 aromatic carbocycles. The van der Waals surface area contributed by atoms with Gasteiger partial charge < -0.3 is 21.1 Å². The summed E-state index contributed by atoms with van der Waals surface area (Å²) in [5, 5.41) is 5.06. The molecule has 1 heterocycles. The Morgan fingerprint density at radius 1 is 0.915 bits per heavy atom. The van der Waals surface area contributed by atoms with Crippen LogP contribution < -0.4 is 16.4 Å². The molecule has 47 heavy (non-hydrogen) atoms. The van der Waals surface area contributed by atoms with Crippen molar-refractivity contribution in [3.63, 3.8) is 0 Å². The van der Waals surface area contributed by atoms with Gasteiger partial charge in [0.1, 0.15) is 29.5 Å². The first kappa shape index (κ1) is 37.7. The maximum Gasteiger partial charge on any atom is 0.330 e. The molecule has 0 spiro atoms. The monoisotopic (exact) mass is 672 g/mol. The number of carbonyl (C=O) groups is 2. The highest BCUT2D eigenvalue weighted by atomic mass is 32.2. The Labute approximate surface area is 276 Å². The third-order valence-electron chi connectivity index (χ3n) is 7.83. The number of nitrogens with one attached hydrogen (secondary N) is 2. The number of nitrogens with two attached hydrogens (primary N) is 1. The van der Waals surface area contributed by atoms with Gasteiger partial charge in [-0.2, -0.15) is 0 Å². The molecule has 0 unspecified atom stereocenters. The van der Waals surface area contributed by atoms with Crippen molar-refractivity contribution < 1.29 is 31.5 Å². The Hall–Kier alpha value is -3.74. The average molecular weight is 673 g/mol. The lowest BCUT2D eigenvalue weighted by Gasteiger charge is -2.28. The van der Waals surface area contributed by atoms with Gasteiger partial charge in [-0.1, -0.05) is 63.9 Å². The number of aromatic nitrogens is 1. The van der Waals surface area contributed by atoms with Gasteiger partial charge in [-0.25, -0.2) is 22.0 Å². The van der Waals surface area contributed by atoms with Crippen LogP contribution in [0.5, 0.6) is 0 Å². The molecule has 0 saturated heterocycles. The van der Waals surface area contributed by atoms with Crippen molar-refractivity contribution in [3.05, 3.63) is 101 Å². The molecule has 0 radical (unpaired) electrons. The van der Waals surface area contributed by atoms with Gasteiger partial charge in [0, 0.05) is 31.4 Å². The molecular formula is C35H46F2N4O5S. The zero-order valence-corrected chi connectivity index (χ0v) is 28.1. The zero-order chi connectivity index (χ0) is 34.4. The second kappa shape index (κ2) is 18.6. The van der Waals surface area contributed by atoms with E-state index in [9.17, 15) is 26.8 Å². The smallest absolute Gasteiger partial charge is 0.330 e. The van der Waals surface area contributed by atoms with E-state index < -0.39 is 62.5 Å². The molecule has 3 atom stereocenters. The molecule has 1 aromatic heterocycles. The van der Waals surface area contributed by atoms with Crippen LogP contribution in [0, 0.1) is 11.6 Å². The van der Waals surface area contributed by atoms with Crippen molar-refractivity contribution >= 4 is 21.7 Å². The zero-order valence-electron chi connectivity index (χ0n) is 27.3. The number of nitrogens with zero attached hydrogens (tertiary/aromatic N) is 1. The standard InChI is InChI=1S/C35H46F2N4O5S/c1-4-10-29(11-5-2)47(44,45)23-32(41-34(42)31-14-7-8-15-40-31)35(43)46-33(22-39-21-25-13-9-12-24(6-3)16-25)30(38)19-26-17-27(36)20-28(37)18-26/h7-9,12-18,20,29-30,32-33,39H,4-6,10-11,19,21-23,38H2,1-3H3,(H,41,42)/t30-,32-,33+/m0/s1. The summed E-state index contributed by atoms with van der Waals surface area (Å²) < 4.78 is 60.9. The molecule has 0 aliphatic heterocycles. The molecule has 3 aromatic rings. The van der Waals surface area contributed by atoms with E-state index in [2.05, 4.69) is 15.6 Å². The molecule has 256 valence electrons. The second-order valence-electron chi connectivity index (χ2n) is 11.7. The van der Waals surface area contributed by atoms with Crippen molar-refractivity contribution in [3.8, 4) is 0 Å². The van der Waals surface area contributed by atoms with Crippen molar-refractivity contribution in [2.45, 2.75) is 89.3 Å². The summed E-state index contributed by atoms with van der Waals surface area (Å²) in [7, 11) is -3.86. The second-order valence-corrected chi connectivity index (χ2v) is 14.0. The third kappa shape index (κ3) is 12.1. The van der Waals surface area contributed by atoms with Gasteiger partial charge in [0.25, 0.3) is 5.91 Å². The maximum atomic E-state index is 14.0. The predicted octanol–water partition coefficient (Wildman–Crippen LogP) is 4.68. The minimum absolute atomic E-state index is 0.00118. The Balaban J connectivity index is 1.88. The van der Waals surface area contributed by atoms with Crippen LogP contribution in [0.15, 0.2) is 66.9 Å². The maximum absolute atomic E-state index is 14.0. The van der Waals surface area contributed by atoms with Crippen molar-refractivity contribution in [1.29, 1.82) is 0 Å². The van der Waals surface area contributed by atoms with Gasteiger partial charge in [-0.05, 0) is 66.6 Å². The van der Waals surface area contributed by atoms with Gasteiger partial charge in [-0.3, -0.25) is 9.78 Å². The third-order valence-corrected chi connectivity index (χ3v) is 10.1. The summed E-state index contributed by atoms with van der Waals surface area (Å²) in [6.45, 7) is 6.27. The van der Waals surface area contributed by atoms with Crippen molar-refractivity contribution in [2.24, 2.45) is 5.73 Å². The summed E-state index contributed by atoms with van der Waals surface area (Å²) in [5.74, 6) is -3.96. The molecule has 12 heteroatoms. The Morgan fingerprint density at radius 2 is 1.60 bits per heavy atom. The van der Waals surface area contributed by atoms with Gasteiger partial charge in [0.2, 0.25) is 0 Å². The highest BCUT2D eigenvalue weighted by Crippen LogP contribution is 2.18. The molecule has 1 amide bonds. The van der Waals surface area contributed by atoms with Crippen LogP contribution in [0.2, 0.25) is 0 Å². The molecule has 3 rings (SSSR count). The summed E-state index contributed by atoms with van der Waals surface area (Å²) in [6.07, 6.45) is 3.24. The van der Waals surface area contributed by atoms with Crippen LogP contribution >= 0.6 is 0 Å². The number of rotatable bonds is 19. The first-order valence-electron chi connectivity index (χ1n) is 16.1. The molecule has 0 aliphatic carbocycles. The Morgan fingerprint density at radius 3 is 2.21 bits per heavy atom. The predicted molar refractivity (Wildman–Crippen MR) is 178 cm³/mol. The lowest BCUT2D eigenvalue weighted by Crippen LogP contribution is -2.52. The molecule has 0 fully saturated rings. The fourth-order valence-electron chi connectivity index (χ4n) is 5.38. The van der Waals surface area contributed by atoms with E-state index in [1.807, 2.05) is 45.0 Å². The van der Waals surface area contributed by atoms with Crippen LogP contribution in [-0.2, 0) is 38.8 Å². The minimum Gasteiger partial charge on any atom is -0.458 e. The fourth-order valence-corrected chi connectivity index (χ4v) is 7.52. The quantitative estimate of drug-likeness (QED) is 0.156. The normalized spacial score (nSPS) is 13.6. The number of esters is 1. The first-order chi connectivity index (χ1) is 22.4. The van der Waals surface area contributed by atoms with Crippen LogP contribution in [0.3, 0.4) is 0 Å². The summed E-state index contributed by atoms with van der Waals surface area (Å²) in [4.78, 5) is 30.9. The van der Waals surface area contributed by atoms with E-state index in [1.54, 1.807) is 12.1 Å². The summed E-state index contributed by atoms with van der Waals surface area (Å²) in [5.41, 5.74) is 8.89. The van der Waals surface area contributed by atoms with Crippen LogP contribution in [0.4, 0.5) is 8.78 Å². The van der Waals surface area contributed by atoms with Crippen molar-refractivity contribution in [2.75, 3.05) is 12.3 Å². The Kier molecular flexibility index (Phi) is 14.9. The number of benzene rings is 2. The van der Waals surface area contributed by atoms with Crippen molar-refractivity contribution in [1.82, 2.24) is 15.6 Å². The van der Waals surface area contributed by atoms with E-state index in [-0.39, 0.29) is 24.2 Å². The molecule has 0 aliphatic rings. The van der Waals surface area contributed by atoms with Gasteiger partial charge in [-0.15, -0.1) is 0 Å². The van der Waals surface area contributed by atoms with Gasteiger partial charge in [0.05, 0.1) is 11.0 Å². The number of pyridine rings is 1. The lowest BCUT2D eigenvalue weighted by atomic mass is 10.0. The summed E-state index contributed by atoms with van der Waals surface area (Å²) in [6, 6.07) is 13.1. The van der Waals surface area contributed by atoms with Crippen LogP contribution in [0.25, 0.3) is 0 Å². The van der Waals surface area contributed by atoms with E-state index in [0.717, 1.165) is 35.7 Å². The number of halogens is 2.